The zero-order valence-corrected chi connectivity index (χ0v) is 16.0. The summed E-state index contributed by atoms with van der Waals surface area (Å²) >= 11 is 0. The number of nitrogens with zero attached hydrogens (tertiary/aromatic N) is 1. The van der Waals surface area contributed by atoms with E-state index >= 15 is 0 Å². The van der Waals surface area contributed by atoms with E-state index in [4.69, 9.17) is 0 Å². The van der Waals surface area contributed by atoms with Gasteiger partial charge in [0.2, 0.25) is 5.91 Å². The van der Waals surface area contributed by atoms with E-state index in [9.17, 15) is 18.0 Å². The zero-order chi connectivity index (χ0) is 18.6. The molecule has 0 spiro atoms. The van der Waals surface area contributed by atoms with Gasteiger partial charge < -0.3 is 10.6 Å². The second-order valence-corrected chi connectivity index (χ2v) is 7.35. The summed E-state index contributed by atoms with van der Waals surface area (Å²) in [7, 11) is 0. The maximum Gasteiger partial charge on any atom is 0.405 e. The molecule has 1 aromatic rings. The van der Waals surface area contributed by atoms with Crippen molar-refractivity contribution in [2.75, 3.05) is 32.7 Å². The molecule has 1 saturated carbocycles. The third kappa shape index (κ3) is 5.36. The molecule has 2 N–H and O–H groups in total. The van der Waals surface area contributed by atoms with Crippen molar-refractivity contribution in [2.24, 2.45) is 5.41 Å². The number of amides is 1. The maximum absolute atomic E-state index is 13.5. The lowest BCUT2D eigenvalue weighted by molar-refractivity contribution is -0.184. The molecule has 0 aromatic heterocycles. The number of carbonyl (C=O) groups is 1. The van der Waals surface area contributed by atoms with Crippen LogP contribution in [0.3, 0.4) is 0 Å². The Morgan fingerprint density at radius 3 is 2.33 bits per heavy atom. The van der Waals surface area contributed by atoms with Gasteiger partial charge in [0.25, 0.3) is 0 Å². The minimum atomic E-state index is -4.35. The molecule has 0 bridgehead atoms. The number of nitrogens with one attached hydrogen (secondary N) is 2. The van der Waals surface area contributed by atoms with Gasteiger partial charge in [-0.3, -0.25) is 9.69 Å². The zero-order valence-electron chi connectivity index (χ0n) is 15.2. The van der Waals surface area contributed by atoms with Crippen LogP contribution in [0.25, 0.3) is 0 Å². The molecule has 8 heteroatoms. The molecular weight excluding hydrogens is 379 g/mol. The number of rotatable bonds is 6. The Kier molecular flexibility index (Phi) is 7.54. The second-order valence-electron chi connectivity index (χ2n) is 7.35. The molecule has 1 unspecified atom stereocenters. The Morgan fingerprint density at radius 1 is 1.19 bits per heavy atom. The average Bonchev–Trinajstić information content (AvgIpc) is 2.59. The number of benzene rings is 1. The van der Waals surface area contributed by atoms with Crippen molar-refractivity contribution in [3.05, 3.63) is 35.9 Å². The van der Waals surface area contributed by atoms with Crippen molar-refractivity contribution in [1.29, 1.82) is 0 Å². The number of piperazine rings is 1. The van der Waals surface area contributed by atoms with Crippen molar-refractivity contribution >= 4 is 18.3 Å². The monoisotopic (exact) mass is 405 g/mol. The van der Waals surface area contributed by atoms with Crippen LogP contribution >= 0.6 is 12.4 Å². The summed E-state index contributed by atoms with van der Waals surface area (Å²) in [6, 6.07) is 8.06. The lowest BCUT2D eigenvalue weighted by Gasteiger charge is -2.42. The van der Waals surface area contributed by atoms with Gasteiger partial charge in [-0.05, 0) is 24.8 Å². The molecule has 1 amide bonds. The molecule has 3 rings (SSSR count). The van der Waals surface area contributed by atoms with Crippen LogP contribution in [0, 0.1) is 5.41 Å². The van der Waals surface area contributed by atoms with Gasteiger partial charge in [-0.25, -0.2) is 0 Å². The first-order chi connectivity index (χ1) is 12.4. The summed E-state index contributed by atoms with van der Waals surface area (Å²) in [5.41, 5.74) is 0.498. The quantitative estimate of drug-likeness (QED) is 0.765. The third-order valence-electron chi connectivity index (χ3n) is 5.60. The van der Waals surface area contributed by atoms with Crippen molar-refractivity contribution in [1.82, 2.24) is 15.5 Å². The molecule has 1 aromatic carbocycles. The van der Waals surface area contributed by atoms with E-state index in [2.05, 4.69) is 10.6 Å². The molecule has 27 heavy (non-hydrogen) atoms. The van der Waals surface area contributed by atoms with Gasteiger partial charge in [0.15, 0.2) is 0 Å². The molecule has 0 radical (unpaired) electrons. The van der Waals surface area contributed by atoms with Crippen LogP contribution in [0.5, 0.6) is 0 Å². The lowest BCUT2D eigenvalue weighted by atomic mass is 9.64. The number of halogens is 4. The number of hydrogen-bond acceptors (Lipinski definition) is 3. The molecule has 1 aliphatic carbocycles. The van der Waals surface area contributed by atoms with Gasteiger partial charge in [0.1, 0.15) is 6.04 Å². The van der Waals surface area contributed by atoms with Gasteiger partial charge >= 0.3 is 6.18 Å². The minimum absolute atomic E-state index is 0. The molecule has 2 fully saturated rings. The summed E-state index contributed by atoms with van der Waals surface area (Å²) in [5, 5.41) is 5.69. The summed E-state index contributed by atoms with van der Waals surface area (Å²) in [5.74, 6) is -0.239. The smallest absolute Gasteiger partial charge is 0.354 e. The van der Waals surface area contributed by atoms with E-state index in [0.29, 0.717) is 32.6 Å². The Hall–Kier alpha value is -1.31. The summed E-state index contributed by atoms with van der Waals surface area (Å²) in [4.78, 5) is 14.2. The van der Waals surface area contributed by atoms with E-state index in [0.717, 1.165) is 24.8 Å². The standard InChI is InChI=1S/C19H26F3N3O.ClH/c20-19(21,22)16(25-11-9-23-10-12-25)14-24-17(26)18(7-4-8-18)13-15-5-2-1-3-6-15;/h1-3,5-6,16,23H,4,7-14H2,(H,24,26);1H. The van der Waals surface area contributed by atoms with E-state index in [-0.39, 0.29) is 24.9 Å². The van der Waals surface area contributed by atoms with Crippen LogP contribution in [0.15, 0.2) is 30.3 Å². The second kappa shape index (κ2) is 9.26. The normalized spacial score (nSPS) is 20.9. The van der Waals surface area contributed by atoms with Crippen LogP contribution in [-0.2, 0) is 11.2 Å². The van der Waals surface area contributed by atoms with Crippen molar-refractivity contribution in [3.8, 4) is 0 Å². The Balaban J connectivity index is 0.00000261. The van der Waals surface area contributed by atoms with Crippen LogP contribution in [0.2, 0.25) is 0 Å². The topological polar surface area (TPSA) is 44.4 Å². The van der Waals surface area contributed by atoms with Crippen molar-refractivity contribution in [2.45, 2.75) is 37.9 Å². The molecule has 1 aliphatic heterocycles. The Morgan fingerprint density at radius 2 is 1.81 bits per heavy atom. The molecule has 152 valence electrons. The van der Waals surface area contributed by atoms with Gasteiger partial charge in [0, 0.05) is 32.7 Å². The molecule has 4 nitrogen and oxygen atoms in total. The Bertz CT molecular complexity index is 602. The first-order valence-electron chi connectivity index (χ1n) is 9.24. The number of hydrogen-bond donors (Lipinski definition) is 2. The van der Waals surface area contributed by atoms with Gasteiger partial charge in [0.05, 0.1) is 5.41 Å². The van der Waals surface area contributed by atoms with Crippen LogP contribution < -0.4 is 10.6 Å². The predicted octanol–water partition coefficient (Wildman–Crippen LogP) is 2.77. The Labute approximate surface area is 164 Å². The maximum atomic E-state index is 13.5. The summed E-state index contributed by atoms with van der Waals surface area (Å²) in [6.07, 6.45) is -1.35. The third-order valence-corrected chi connectivity index (χ3v) is 5.60. The van der Waals surface area contributed by atoms with Crippen LogP contribution in [0.1, 0.15) is 24.8 Å². The number of alkyl halides is 3. The van der Waals surface area contributed by atoms with Crippen LogP contribution in [-0.4, -0.2) is 55.7 Å². The highest BCUT2D eigenvalue weighted by molar-refractivity contribution is 5.85. The molecule has 1 saturated heterocycles. The van der Waals surface area contributed by atoms with Crippen molar-refractivity contribution in [3.63, 3.8) is 0 Å². The highest BCUT2D eigenvalue weighted by atomic mass is 35.5. The highest BCUT2D eigenvalue weighted by Gasteiger charge is 2.47. The summed E-state index contributed by atoms with van der Waals surface area (Å²) < 4.78 is 40.4. The lowest BCUT2D eigenvalue weighted by Crippen LogP contribution is -2.59. The predicted molar refractivity (Wildman–Crippen MR) is 101 cm³/mol. The van der Waals surface area contributed by atoms with E-state index < -0.39 is 17.6 Å². The van der Waals surface area contributed by atoms with E-state index in [1.54, 1.807) is 0 Å². The SMILES string of the molecule is Cl.O=C(NCC(N1CCNCC1)C(F)(F)F)C1(Cc2ccccc2)CCC1. The van der Waals surface area contributed by atoms with E-state index in [1.807, 2.05) is 30.3 Å². The van der Waals surface area contributed by atoms with E-state index in [1.165, 1.54) is 4.90 Å². The summed E-state index contributed by atoms with van der Waals surface area (Å²) in [6.45, 7) is 1.39. The minimum Gasteiger partial charge on any atom is -0.354 e. The first kappa shape index (κ1) is 22.0. The molecule has 1 atom stereocenters. The first-order valence-corrected chi connectivity index (χ1v) is 9.24. The fraction of sp³-hybridized carbons (Fsp3) is 0.632. The largest absolute Gasteiger partial charge is 0.405 e. The fourth-order valence-corrected chi connectivity index (χ4v) is 3.90. The molecule has 2 aliphatic rings. The van der Waals surface area contributed by atoms with Gasteiger partial charge in [-0.1, -0.05) is 36.8 Å². The molecule has 1 heterocycles. The van der Waals surface area contributed by atoms with Gasteiger partial charge in [-0.2, -0.15) is 13.2 Å². The fourth-order valence-electron chi connectivity index (χ4n) is 3.90. The highest BCUT2D eigenvalue weighted by Crippen LogP contribution is 2.44. The average molecular weight is 406 g/mol. The number of carbonyl (C=O) groups excluding carboxylic acids is 1. The van der Waals surface area contributed by atoms with Crippen LogP contribution in [0.4, 0.5) is 13.2 Å². The molecular formula is C19H27ClF3N3O. The van der Waals surface area contributed by atoms with Gasteiger partial charge in [-0.15, -0.1) is 12.4 Å². The van der Waals surface area contributed by atoms with Crippen molar-refractivity contribution < 1.29 is 18.0 Å².